The molecule has 120 valence electrons. The van der Waals surface area contributed by atoms with Crippen LogP contribution in [0, 0.1) is 5.41 Å². The quantitative estimate of drug-likeness (QED) is 0.653. The predicted octanol–water partition coefficient (Wildman–Crippen LogP) is 6.23. The van der Waals surface area contributed by atoms with Gasteiger partial charge in [-0.05, 0) is 45.8 Å². The minimum absolute atomic E-state index is 0.166. The van der Waals surface area contributed by atoms with Crippen LogP contribution in [-0.4, -0.2) is 0 Å². The van der Waals surface area contributed by atoms with Gasteiger partial charge in [0.2, 0.25) is 0 Å². The Bertz CT molecular complexity index is 458. The van der Waals surface area contributed by atoms with Gasteiger partial charge in [0, 0.05) is 5.69 Å². The summed E-state index contributed by atoms with van der Waals surface area (Å²) in [6.45, 7) is 20.6. The van der Waals surface area contributed by atoms with Crippen LogP contribution in [0.2, 0.25) is 0 Å². The number of nitrogen functional groups attached to an aromatic ring is 1. The SMILES string of the molecule is CC(C)c1cc(C(C)(C)CC(C)(C)C)cc(C(C)C)c1N. The van der Waals surface area contributed by atoms with Crippen LogP contribution < -0.4 is 5.73 Å². The molecule has 1 nitrogen and oxygen atoms in total. The van der Waals surface area contributed by atoms with E-state index >= 15 is 0 Å². The van der Waals surface area contributed by atoms with Gasteiger partial charge >= 0.3 is 0 Å². The van der Waals surface area contributed by atoms with Crippen LogP contribution >= 0.6 is 0 Å². The van der Waals surface area contributed by atoms with Gasteiger partial charge in [-0.1, -0.05) is 74.4 Å². The van der Waals surface area contributed by atoms with E-state index in [9.17, 15) is 0 Å². The predicted molar refractivity (Wildman–Crippen MR) is 96.1 cm³/mol. The molecule has 1 aromatic rings. The Labute approximate surface area is 132 Å². The summed E-state index contributed by atoms with van der Waals surface area (Å²) < 4.78 is 0. The van der Waals surface area contributed by atoms with Gasteiger partial charge in [0.15, 0.2) is 0 Å². The summed E-state index contributed by atoms with van der Waals surface area (Å²) in [5.74, 6) is 0.931. The van der Waals surface area contributed by atoms with Crippen molar-refractivity contribution in [2.75, 3.05) is 5.73 Å². The van der Waals surface area contributed by atoms with E-state index in [1.165, 1.54) is 23.1 Å². The molecule has 0 spiro atoms. The lowest BCUT2D eigenvalue weighted by molar-refractivity contribution is 0.284. The van der Waals surface area contributed by atoms with Gasteiger partial charge in [-0.2, -0.15) is 0 Å². The maximum Gasteiger partial charge on any atom is 0.0384 e. The van der Waals surface area contributed by atoms with Crippen LogP contribution in [0.5, 0.6) is 0 Å². The van der Waals surface area contributed by atoms with Crippen molar-refractivity contribution in [2.45, 2.75) is 86.0 Å². The maximum absolute atomic E-state index is 6.42. The zero-order chi connectivity index (χ0) is 16.6. The van der Waals surface area contributed by atoms with Gasteiger partial charge in [-0.15, -0.1) is 0 Å². The highest BCUT2D eigenvalue weighted by Crippen LogP contribution is 2.40. The Hall–Kier alpha value is -0.980. The molecule has 0 saturated carbocycles. The van der Waals surface area contributed by atoms with E-state index in [0.717, 1.165) is 5.69 Å². The Morgan fingerprint density at radius 2 is 1.24 bits per heavy atom. The molecule has 0 heterocycles. The molecule has 0 saturated heterocycles. The first-order valence-corrected chi connectivity index (χ1v) is 8.29. The van der Waals surface area contributed by atoms with Crippen LogP contribution in [0.15, 0.2) is 12.1 Å². The molecule has 21 heavy (non-hydrogen) atoms. The molecule has 0 aliphatic heterocycles. The smallest absolute Gasteiger partial charge is 0.0384 e. The van der Waals surface area contributed by atoms with Gasteiger partial charge in [0.1, 0.15) is 0 Å². The number of hydrogen-bond donors (Lipinski definition) is 1. The number of nitrogens with two attached hydrogens (primary N) is 1. The van der Waals surface area contributed by atoms with Crippen molar-refractivity contribution in [3.63, 3.8) is 0 Å². The van der Waals surface area contributed by atoms with Crippen molar-refractivity contribution in [1.29, 1.82) is 0 Å². The lowest BCUT2D eigenvalue weighted by Crippen LogP contribution is -2.25. The van der Waals surface area contributed by atoms with Crippen molar-refractivity contribution < 1.29 is 0 Å². The van der Waals surface area contributed by atoms with Crippen LogP contribution in [0.1, 0.15) is 97.3 Å². The second-order valence-electron chi connectivity index (χ2n) is 9.00. The number of benzene rings is 1. The van der Waals surface area contributed by atoms with Gasteiger partial charge < -0.3 is 5.73 Å². The summed E-state index contributed by atoms with van der Waals surface area (Å²) in [6.07, 6.45) is 1.17. The molecule has 0 aliphatic rings. The molecular weight excluding hydrogens is 254 g/mol. The monoisotopic (exact) mass is 289 g/mol. The first-order valence-electron chi connectivity index (χ1n) is 8.29. The molecule has 0 aliphatic carbocycles. The maximum atomic E-state index is 6.42. The lowest BCUT2D eigenvalue weighted by atomic mass is 9.71. The Balaban J connectivity index is 3.43. The first kappa shape index (κ1) is 18.1. The van der Waals surface area contributed by atoms with Crippen LogP contribution in [0.4, 0.5) is 5.69 Å². The third kappa shape index (κ3) is 4.49. The summed E-state index contributed by atoms with van der Waals surface area (Å²) >= 11 is 0. The lowest BCUT2D eigenvalue weighted by Gasteiger charge is -2.34. The summed E-state index contributed by atoms with van der Waals surface area (Å²) in [4.78, 5) is 0. The van der Waals surface area contributed by atoms with Gasteiger partial charge in [0.05, 0.1) is 0 Å². The van der Waals surface area contributed by atoms with E-state index in [4.69, 9.17) is 5.73 Å². The Kier molecular flexibility index (Phi) is 5.18. The number of rotatable bonds is 4. The molecular formula is C20H35N. The second kappa shape index (κ2) is 6.02. The largest absolute Gasteiger partial charge is 0.398 e. The zero-order valence-corrected chi connectivity index (χ0v) is 15.6. The average Bonchev–Trinajstić information content (AvgIpc) is 2.24. The summed E-state index contributed by atoms with van der Waals surface area (Å²) in [7, 11) is 0. The van der Waals surface area contributed by atoms with Crippen LogP contribution in [0.3, 0.4) is 0 Å². The Morgan fingerprint density at radius 3 is 1.52 bits per heavy atom. The highest BCUT2D eigenvalue weighted by Gasteiger charge is 2.29. The molecule has 0 atom stereocenters. The summed E-state index contributed by atoms with van der Waals surface area (Å²) in [5.41, 5.74) is 11.9. The molecule has 1 rings (SSSR count). The standard InChI is InChI=1S/C20H35N/c1-13(2)16-10-15(11-17(14(3)4)18(16)21)20(8,9)12-19(5,6)7/h10-11,13-14H,12,21H2,1-9H3. The van der Waals surface area contributed by atoms with E-state index in [2.05, 4.69) is 74.4 Å². The highest BCUT2D eigenvalue weighted by molar-refractivity contribution is 5.59. The summed E-state index contributed by atoms with van der Waals surface area (Å²) in [6, 6.07) is 4.69. The van der Waals surface area contributed by atoms with Gasteiger partial charge in [-0.25, -0.2) is 0 Å². The highest BCUT2D eigenvalue weighted by atomic mass is 14.6. The molecule has 1 aromatic carbocycles. The second-order valence-corrected chi connectivity index (χ2v) is 9.00. The van der Waals surface area contributed by atoms with Crippen molar-refractivity contribution in [2.24, 2.45) is 5.41 Å². The molecule has 0 fully saturated rings. The molecule has 0 bridgehead atoms. The van der Waals surface area contributed by atoms with Crippen molar-refractivity contribution in [3.05, 3.63) is 28.8 Å². The number of anilines is 1. The van der Waals surface area contributed by atoms with E-state index in [-0.39, 0.29) is 5.41 Å². The van der Waals surface area contributed by atoms with Gasteiger partial charge in [0.25, 0.3) is 0 Å². The van der Waals surface area contributed by atoms with Crippen LogP contribution in [-0.2, 0) is 5.41 Å². The summed E-state index contributed by atoms with van der Waals surface area (Å²) in [5, 5.41) is 0. The topological polar surface area (TPSA) is 26.0 Å². The molecule has 1 heteroatoms. The molecule has 2 N–H and O–H groups in total. The van der Waals surface area contributed by atoms with E-state index in [0.29, 0.717) is 17.3 Å². The zero-order valence-electron chi connectivity index (χ0n) is 15.6. The van der Waals surface area contributed by atoms with E-state index in [1.807, 2.05) is 0 Å². The molecule has 0 aromatic heterocycles. The van der Waals surface area contributed by atoms with E-state index in [1.54, 1.807) is 0 Å². The fourth-order valence-electron chi connectivity index (χ4n) is 3.47. The van der Waals surface area contributed by atoms with Crippen molar-refractivity contribution in [3.8, 4) is 0 Å². The minimum atomic E-state index is 0.166. The minimum Gasteiger partial charge on any atom is -0.398 e. The third-order valence-corrected chi connectivity index (χ3v) is 4.24. The molecule has 0 amide bonds. The van der Waals surface area contributed by atoms with Gasteiger partial charge in [-0.3, -0.25) is 0 Å². The Morgan fingerprint density at radius 1 is 0.857 bits per heavy atom. The fraction of sp³-hybridized carbons (Fsp3) is 0.700. The fourth-order valence-corrected chi connectivity index (χ4v) is 3.47. The van der Waals surface area contributed by atoms with Crippen molar-refractivity contribution >= 4 is 5.69 Å². The normalized spacial score (nSPS) is 13.3. The first-order chi connectivity index (χ1) is 9.35. The average molecular weight is 290 g/mol. The number of hydrogen-bond acceptors (Lipinski definition) is 1. The third-order valence-electron chi connectivity index (χ3n) is 4.24. The molecule has 0 radical (unpaired) electrons. The van der Waals surface area contributed by atoms with Crippen molar-refractivity contribution in [1.82, 2.24) is 0 Å². The molecule has 0 unspecified atom stereocenters. The van der Waals surface area contributed by atoms with Crippen LogP contribution in [0.25, 0.3) is 0 Å². The van der Waals surface area contributed by atoms with E-state index < -0.39 is 0 Å².